The van der Waals surface area contributed by atoms with E-state index in [-0.39, 0.29) is 5.56 Å². The Balaban J connectivity index is 1.95. The molecule has 2 heterocycles. The molecule has 2 aromatic heterocycles. The lowest BCUT2D eigenvalue weighted by Crippen LogP contribution is -2.20. The summed E-state index contributed by atoms with van der Waals surface area (Å²) >= 11 is 1.41. The third kappa shape index (κ3) is 2.88. The zero-order valence-corrected chi connectivity index (χ0v) is 15.4. The lowest BCUT2D eigenvalue weighted by molar-refractivity contribution is 0.753. The second-order valence-corrected chi connectivity index (χ2v) is 6.97. The molecule has 130 valence electrons. The summed E-state index contributed by atoms with van der Waals surface area (Å²) in [5, 5.41) is 4.37. The first kappa shape index (κ1) is 16.5. The molecule has 0 radical (unpaired) electrons. The molecule has 4 rings (SSSR count). The maximum atomic E-state index is 13.0. The van der Waals surface area contributed by atoms with Crippen molar-refractivity contribution in [2.75, 3.05) is 0 Å². The number of rotatable bonds is 3. The summed E-state index contributed by atoms with van der Waals surface area (Å²) in [7, 11) is 0. The number of aryl methyl sites for hydroxylation is 2. The fourth-order valence-electron chi connectivity index (χ4n) is 2.84. The summed E-state index contributed by atoms with van der Waals surface area (Å²) in [6.07, 6.45) is 1.75. The Hall–Kier alpha value is -2.99. The van der Waals surface area contributed by atoms with Gasteiger partial charge in [-0.25, -0.2) is 4.99 Å². The molecule has 0 aliphatic carbocycles. The first-order valence-corrected chi connectivity index (χ1v) is 9.27. The Morgan fingerprint density at radius 3 is 2.50 bits per heavy atom. The van der Waals surface area contributed by atoms with Crippen LogP contribution in [0.15, 0.2) is 70.6 Å². The van der Waals surface area contributed by atoms with E-state index in [9.17, 15) is 4.79 Å². The number of hydrogen-bond acceptors (Lipinski definition) is 4. The van der Waals surface area contributed by atoms with Gasteiger partial charge in [-0.15, -0.1) is 0 Å². The van der Waals surface area contributed by atoms with Crippen LogP contribution in [-0.2, 0) is 6.54 Å². The Morgan fingerprint density at radius 2 is 1.81 bits per heavy atom. The molecule has 0 bridgehead atoms. The number of hydrogen-bond donors (Lipinski definition) is 0. The van der Waals surface area contributed by atoms with Crippen LogP contribution in [0.2, 0.25) is 0 Å². The van der Waals surface area contributed by atoms with Crippen molar-refractivity contribution in [2.24, 2.45) is 4.99 Å². The summed E-state index contributed by atoms with van der Waals surface area (Å²) in [5.41, 5.74) is 3.53. The molecule has 0 atom stereocenters. The number of aromatic nitrogens is 3. The van der Waals surface area contributed by atoms with Gasteiger partial charge in [0.1, 0.15) is 4.70 Å². The molecule has 4 aromatic rings. The zero-order chi connectivity index (χ0) is 18.1. The normalized spacial score (nSPS) is 12.0. The molecule has 5 nitrogen and oxygen atoms in total. The Bertz CT molecular complexity index is 1180. The van der Waals surface area contributed by atoms with Gasteiger partial charge in [-0.3, -0.25) is 4.79 Å². The van der Waals surface area contributed by atoms with Gasteiger partial charge in [-0.1, -0.05) is 47.2 Å². The van der Waals surface area contributed by atoms with Crippen molar-refractivity contribution in [3.05, 3.63) is 81.5 Å². The minimum atomic E-state index is -0.119. The molecule has 0 aliphatic rings. The molecule has 0 amide bonds. The van der Waals surface area contributed by atoms with Crippen molar-refractivity contribution < 1.29 is 0 Å². The SMILES string of the molecule is CCn1c(=Nc2ccc(C)cc2)sc2c(=O)n(-c3ccccc3)ncc21. The average Bonchev–Trinajstić information content (AvgIpc) is 3.02. The van der Waals surface area contributed by atoms with E-state index in [2.05, 4.69) is 5.10 Å². The first-order valence-electron chi connectivity index (χ1n) is 8.46. The van der Waals surface area contributed by atoms with E-state index < -0.39 is 0 Å². The molecule has 0 saturated heterocycles. The number of thiazole rings is 1. The highest BCUT2D eigenvalue weighted by atomic mass is 32.1. The quantitative estimate of drug-likeness (QED) is 0.556. The maximum Gasteiger partial charge on any atom is 0.291 e. The Morgan fingerprint density at radius 1 is 1.08 bits per heavy atom. The van der Waals surface area contributed by atoms with E-state index in [0.29, 0.717) is 4.70 Å². The summed E-state index contributed by atoms with van der Waals surface area (Å²) in [5.74, 6) is 0. The van der Waals surface area contributed by atoms with Gasteiger partial charge < -0.3 is 4.57 Å². The lowest BCUT2D eigenvalue weighted by Gasteiger charge is -2.04. The van der Waals surface area contributed by atoms with E-state index in [1.165, 1.54) is 21.6 Å². The van der Waals surface area contributed by atoms with Crippen LogP contribution in [0.1, 0.15) is 12.5 Å². The Kier molecular flexibility index (Phi) is 4.26. The summed E-state index contributed by atoms with van der Waals surface area (Å²) in [6.45, 7) is 4.82. The Labute approximate surface area is 154 Å². The molecule has 0 saturated carbocycles. The highest BCUT2D eigenvalue weighted by Gasteiger charge is 2.12. The van der Waals surface area contributed by atoms with Crippen LogP contribution in [-0.4, -0.2) is 14.3 Å². The minimum Gasteiger partial charge on any atom is -0.315 e. The summed E-state index contributed by atoms with van der Waals surface area (Å²) < 4.78 is 4.13. The van der Waals surface area contributed by atoms with Gasteiger partial charge in [0.15, 0.2) is 4.80 Å². The summed E-state index contributed by atoms with van der Waals surface area (Å²) in [6, 6.07) is 17.5. The van der Waals surface area contributed by atoms with E-state index in [4.69, 9.17) is 4.99 Å². The van der Waals surface area contributed by atoms with Crippen LogP contribution < -0.4 is 10.4 Å². The minimum absolute atomic E-state index is 0.119. The topological polar surface area (TPSA) is 52.2 Å². The van der Waals surface area contributed by atoms with Crippen molar-refractivity contribution in [1.82, 2.24) is 14.3 Å². The molecule has 0 fully saturated rings. The van der Waals surface area contributed by atoms with Crippen LogP contribution in [0.5, 0.6) is 0 Å². The van der Waals surface area contributed by atoms with Crippen LogP contribution in [0, 0.1) is 6.92 Å². The lowest BCUT2D eigenvalue weighted by atomic mass is 10.2. The summed E-state index contributed by atoms with van der Waals surface area (Å²) in [4.78, 5) is 18.5. The molecule has 0 unspecified atom stereocenters. The van der Waals surface area contributed by atoms with E-state index >= 15 is 0 Å². The van der Waals surface area contributed by atoms with Gasteiger partial charge >= 0.3 is 0 Å². The van der Waals surface area contributed by atoms with Crippen molar-refractivity contribution in [2.45, 2.75) is 20.4 Å². The zero-order valence-electron chi connectivity index (χ0n) is 14.6. The van der Waals surface area contributed by atoms with Crippen molar-refractivity contribution in [1.29, 1.82) is 0 Å². The third-order valence-corrected chi connectivity index (χ3v) is 5.29. The van der Waals surface area contributed by atoms with Crippen LogP contribution in [0.3, 0.4) is 0 Å². The highest BCUT2D eigenvalue weighted by molar-refractivity contribution is 7.16. The molecule has 0 spiro atoms. The van der Waals surface area contributed by atoms with Crippen LogP contribution >= 0.6 is 11.3 Å². The predicted molar refractivity (Wildman–Crippen MR) is 105 cm³/mol. The molecule has 0 N–H and O–H groups in total. The second kappa shape index (κ2) is 6.72. The average molecular weight is 362 g/mol. The van der Waals surface area contributed by atoms with Gasteiger partial charge in [0, 0.05) is 6.54 Å². The van der Waals surface area contributed by atoms with E-state index in [0.717, 1.165) is 28.2 Å². The molecule has 2 aromatic carbocycles. The largest absolute Gasteiger partial charge is 0.315 e. The van der Waals surface area contributed by atoms with Gasteiger partial charge in [0.05, 0.1) is 23.1 Å². The molecule has 26 heavy (non-hydrogen) atoms. The number of para-hydroxylation sites is 1. The number of fused-ring (bicyclic) bond motifs is 1. The smallest absolute Gasteiger partial charge is 0.291 e. The fourth-order valence-corrected chi connectivity index (χ4v) is 3.95. The van der Waals surface area contributed by atoms with Crippen molar-refractivity contribution in [3.63, 3.8) is 0 Å². The van der Waals surface area contributed by atoms with Gasteiger partial charge in [0.25, 0.3) is 5.56 Å². The number of nitrogens with zero attached hydrogens (tertiary/aromatic N) is 4. The molecule has 6 heteroatoms. The second-order valence-electron chi connectivity index (χ2n) is 5.99. The van der Waals surface area contributed by atoms with Crippen molar-refractivity contribution >= 4 is 27.2 Å². The van der Waals surface area contributed by atoms with Gasteiger partial charge in [0.2, 0.25) is 0 Å². The van der Waals surface area contributed by atoms with Gasteiger partial charge in [-0.05, 0) is 38.1 Å². The van der Waals surface area contributed by atoms with Crippen LogP contribution in [0.25, 0.3) is 15.9 Å². The highest BCUT2D eigenvalue weighted by Crippen LogP contribution is 2.16. The maximum absolute atomic E-state index is 13.0. The fraction of sp³-hybridized carbons (Fsp3) is 0.150. The standard InChI is InChI=1S/C20H18N4OS/c1-3-23-17-13-21-24(16-7-5-4-6-8-16)19(25)18(17)26-20(23)22-15-11-9-14(2)10-12-15/h4-13H,3H2,1-2H3. The molecule has 0 aliphatic heterocycles. The van der Waals surface area contributed by atoms with E-state index in [1.54, 1.807) is 6.20 Å². The van der Waals surface area contributed by atoms with Crippen LogP contribution in [0.4, 0.5) is 5.69 Å². The third-order valence-electron chi connectivity index (χ3n) is 4.21. The molecular weight excluding hydrogens is 344 g/mol. The monoisotopic (exact) mass is 362 g/mol. The van der Waals surface area contributed by atoms with E-state index in [1.807, 2.05) is 73.0 Å². The predicted octanol–water partition coefficient (Wildman–Crippen LogP) is 3.81. The molecular formula is C20H18N4OS. The first-order chi connectivity index (χ1) is 12.7. The van der Waals surface area contributed by atoms with Crippen molar-refractivity contribution in [3.8, 4) is 5.69 Å². The number of benzene rings is 2. The van der Waals surface area contributed by atoms with Gasteiger partial charge in [-0.2, -0.15) is 9.78 Å².